The molecule has 18 heavy (non-hydrogen) atoms. The van der Waals surface area contributed by atoms with Crippen LogP contribution in [0.2, 0.25) is 5.02 Å². The summed E-state index contributed by atoms with van der Waals surface area (Å²) >= 11 is 5.85. The molecule has 0 saturated heterocycles. The number of hydrogen-bond donors (Lipinski definition) is 2. The van der Waals surface area contributed by atoms with Crippen molar-refractivity contribution in [3.8, 4) is 0 Å². The van der Waals surface area contributed by atoms with Gasteiger partial charge in [0, 0.05) is 17.3 Å². The smallest absolute Gasteiger partial charge is 0.241 e. The molecule has 0 aliphatic rings. The Morgan fingerprint density at radius 3 is 2.83 bits per heavy atom. The van der Waals surface area contributed by atoms with Gasteiger partial charge in [-0.15, -0.1) is 0 Å². The van der Waals surface area contributed by atoms with Crippen molar-refractivity contribution < 1.29 is 9.90 Å². The van der Waals surface area contributed by atoms with E-state index in [4.69, 9.17) is 16.7 Å². The Morgan fingerprint density at radius 2 is 2.28 bits per heavy atom. The van der Waals surface area contributed by atoms with Gasteiger partial charge in [0.2, 0.25) is 5.91 Å². The number of amides is 1. The third-order valence-corrected chi connectivity index (χ3v) is 3.05. The van der Waals surface area contributed by atoms with Gasteiger partial charge >= 0.3 is 0 Å². The Kier molecular flexibility index (Phi) is 6.12. The number of nitrogens with zero attached hydrogens (tertiary/aromatic N) is 1. The van der Waals surface area contributed by atoms with Crippen LogP contribution in [0.15, 0.2) is 24.3 Å². The highest BCUT2D eigenvalue weighted by atomic mass is 35.5. The van der Waals surface area contributed by atoms with Gasteiger partial charge in [0.1, 0.15) is 0 Å². The van der Waals surface area contributed by atoms with Crippen LogP contribution in [0.25, 0.3) is 0 Å². The minimum Gasteiger partial charge on any atom is -0.395 e. The van der Waals surface area contributed by atoms with Crippen LogP contribution in [-0.4, -0.2) is 41.7 Å². The van der Waals surface area contributed by atoms with Gasteiger partial charge in [0.25, 0.3) is 0 Å². The van der Waals surface area contributed by atoms with Crippen molar-refractivity contribution in [2.45, 2.75) is 19.9 Å². The molecule has 2 N–H and O–H groups in total. The fraction of sp³-hybridized carbons (Fsp3) is 0.462. The second-order valence-electron chi connectivity index (χ2n) is 4.03. The number of rotatable bonds is 6. The van der Waals surface area contributed by atoms with Gasteiger partial charge in [-0.25, -0.2) is 0 Å². The largest absolute Gasteiger partial charge is 0.395 e. The molecule has 4 nitrogen and oxygen atoms in total. The fourth-order valence-electron chi connectivity index (χ4n) is 1.73. The number of nitrogens with one attached hydrogen (secondary N) is 1. The first-order valence-electron chi connectivity index (χ1n) is 5.99. The van der Waals surface area contributed by atoms with E-state index < -0.39 is 0 Å². The molecule has 0 aromatic heterocycles. The zero-order chi connectivity index (χ0) is 13.5. The van der Waals surface area contributed by atoms with E-state index in [-0.39, 0.29) is 18.6 Å². The van der Waals surface area contributed by atoms with Gasteiger partial charge in [0.05, 0.1) is 12.6 Å². The monoisotopic (exact) mass is 270 g/mol. The standard InChI is InChI=1S/C13H19ClN2O2/c1-3-16(7-8-17)10(2)13(18)15-12-6-4-5-11(14)9-12/h4-6,9-10,17H,3,7-8H2,1-2H3,(H,15,18). The van der Waals surface area contributed by atoms with Gasteiger partial charge < -0.3 is 10.4 Å². The SMILES string of the molecule is CCN(CCO)C(C)C(=O)Nc1cccc(Cl)c1. The predicted octanol–water partition coefficient (Wildman–Crippen LogP) is 1.98. The number of benzene rings is 1. The summed E-state index contributed by atoms with van der Waals surface area (Å²) in [7, 11) is 0. The summed E-state index contributed by atoms with van der Waals surface area (Å²) in [6.45, 7) is 5.02. The lowest BCUT2D eigenvalue weighted by molar-refractivity contribution is -0.120. The normalized spacial score (nSPS) is 12.5. The van der Waals surface area contributed by atoms with Crippen LogP contribution in [0.3, 0.4) is 0 Å². The molecule has 1 amide bonds. The Morgan fingerprint density at radius 1 is 1.56 bits per heavy atom. The maximum Gasteiger partial charge on any atom is 0.241 e. The molecule has 1 aromatic rings. The lowest BCUT2D eigenvalue weighted by Crippen LogP contribution is -2.43. The Balaban J connectivity index is 2.64. The lowest BCUT2D eigenvalue weighted by atomic mass is 10.2. The third kappa shape index (κ3) is 4.29. The van der Waals surface area contributed by atoms with E-state index in [1.165, 1.54) is 0 Å². The van der Waals surface area contributed by atoms with Crippen LogP contribution in [0, 0.1) is 0 Å². The van der Waals surface area contributed by atoms with Gasteiger partial charge in [-0.2, -0.15) is 0 Å². The van der Waals surface area contributed by atoms with Crippen molar-refractivity contribution in [3.05, 3.63) is 29.3 Å². The van der Waals surface area contributed by atoms with Crippen molar-refractivity contribution in [3.63, 3.8) is 0 Å². The van der Waals surface area contributed by atoms with Crippen LogP contribution in [0.4, 0.5) is 5.69 Å². The van der Waals surface area contributed by atoms with E-state index in [0.717, 1.165) is 0 Å². The van der Waals surface area contributed by atoms with E-state index in [9.17, 15) is 4.79 Å². The van der Waals surface area contributed by atoms with Gasteiger partial charge in [-0.05, 0) is 31.7 Å². The van der Waals surface area contributed by atoms with Gasteiger partial charge in [0.15, 0.2) is 0 Å². The predicted molar refractivity (Wildman–Crippen MR) is 73.9 cm³/mol. The molecule has 0 fully saturated rings. The molecule has 0 radical (unpaired) electrons. The lowest BCUT2D eigenvalue weighted by Gasteiger charge is -2.26. The number of likely N-dealkylation sites (N-methyl/N-ethyl adjacent to an activating group) is 1. The number of anilines is 1. The minimum absolute atomic E-state index is 0.0443. The average Bonchev–Trinajstić information content (AvgIpc) is 2.35. The second-order valence-corrected chi connectivity index (χ2v) is 4.46. The highest BCUT2D eigenvalue weighted by Crippen LogP contribution is 2.15. The van der Waals surface area contributed by atoms with Crippen molar-refractivity contribution in [1.29, 1.82) is 0 Å². The molecule has 0 heterocycles. The number of halogens is 1. The molecule has 1 aromatic carbocycles. The highest BCUT2D eigenvalue weighted by molar-refractivity contribution is 6.30. The second kappa shape index (κ2) is 7.36. The van der Waals surface area contributed by atoms with E-state index in [1.807, 2.05) is 18.7 Å². The summed E-state index contributed by atoms with van der Waals surface area (Å²) in [4.78, 5) is 13.9. The fourth-order valence-corrected chi connectivity index (χ4v) is 1.92. The quantitative estimate of drug-likeness (QED) is 0.831. The molecular weight excluding hydrogens is 252 g/mol. The maximum absolute atomic E-state index is 12.0. The molecule has 0 spiro atoms. The van der Waals surface area contributed by atoms with Crippen LogP contribution < -0.4 is 5.32 Å². The molecule has 1 atom stereocenters. The zero-order valence-electron chi connectivity index (χ0n) is 10.7. The zero-order valence-corrected chi connectivity index (χ0v) is 11.4. The molecule has 1 rings (SSSR count). The van der Waals surface area contributed by atoms with Crippen molar-refractivity contribution in [2.75, 3.05) is 25.0 Å². The van der Waals surface area contributed by atoms with Crippen molar-refractivity contribution in [2.24, 2.45) is 0 Å². The first-order chi connectivity index (χ1) is 8.58. The summed E-state index contributed by atoms with van der Waals surface area (Å²) in [6.07, 6.45) is 0. The summed E-state index contributed by atoms with van der Waals surface area (Å²) in [5.74, 6) is -0.104. The number of hydrogen-bond acceptors (Lipinski definition) is 3. The Hall–Kier alpha value is -1.10. The first-order valence-corrected chi connectivity index (χ1v) is 6.37. The number of aliphatic hydroxyl groups excluding tert-OH is 1. The van der Waals surface area contributed by atoms with Crippen molar-refractivity contribution >= 4 is 23.2 Å². The minimum atomic E-state index is -0.291. The van der Waals surface area contributed by atoms with Crippen molar-refractivity contribution in [1.82, 2.24) is 4.90 Å². The van der Waals surface area contributed by atoms with Gasteiger partial charge in [-0.3, -0.25) is 9.69 Å². The summed E-state index contributed by atoms with van der Waals surface area (Å²) < 4.78 is 0. The summed E-state index contributed by atoms with van der Waals surface area (Å²) in [6, 6.07) is 6.74. The van der Waals surface area contributed by atoms with Crippen LogP contribution in [0.5, 0.6) is 0 Å². The van der Waals surface area contributed by atoms with Crippen LogP contribution >= 0.6 is 11.6 Å². The molecular formula is C13H19ClN2O2. The topological polar surface area (TPSA) is 52.6 Å². The van der Waals surface area contributed by atoms with E-state index >= 15 is 0 Å². The number of aliphatic hydroxyl groups is 1. The van der Waals surface area contributed by atoms with E-state index in [2.05, 4.69) is 5.32 Å². The summed E-state index contributed by atoms with van der Waals surface area (Å²) in [5.41, 5.74) is 0.680. The molecule has 0 aliphatic heterocycles. The average molecular weight is 271 g/mol. The number of carbonyl (C=O) groups is 1. The molecule has 5 heteroatoms. The Bertz CT molecular complexity index is 398. The Labute approximate surface area is 113 Å². The maximum atomic E-state index is 12.0. The molecule has 0 saturated carbocycles. The molecule has 0 aliphatic carbocycles. The third-order valence-electron chi connectivity index (χ3n) is 2.81. The molecule has 1 unspecified atom stereocenters. The van der Waals surface area contributed by atoms with Crippen LogP contribution in [-0.2, 0) is 4.79 Å². The van der Waals surface area contributed by atoms with Gasteiger partial charge in [-0.1, -0.05) is 24.6 Å². The van der Waals surface area contributed by atoms with E-state index in [0.29, 0.717) is 23.8 Å². The molecule has 100 valence electrons. The van der Waals surface area contributed by atoms with E-state index in [1.54, 1.807) is 24.3 Å². The van der Waals surface area contributed by atoms with Crippen LogP contribution in [0.1, 0.15) is 13.8 Å². The highest BCUT2D eigenvalue weighted by Gasteiger charge is 2.19. The summed E-state index contributed by atoms with van der Waals surface area (Å²) in [5, 5.41) is 12.3. The number of carbonyl (C=O) groups excluding carboxylic acids is 1. The first kappa shape index (κ1) is 15.0. The molecule has 0 bridgehead atoms.